The normalized spacial score (nSPS) is 20.0. The van der Waals surface area contributed by atoms with Crippen LogP contribution in [0.4, 0.5) is 10.5 Å². The van der Waals surface area contributed by atoms with Crippen molar-refractivity contribution in [3.63, 3.8) is 0 Å². The third-order valence-electron chi connectivity index (χ3n) is 8.54. The molecule has 54 heavy (non-hydrogen) atoms. The Morgan fingerprint density at radius 1 is 0.778 bits per heavy atom. The van der Waals surface area contributed by atoms with Gasteiger partial charge in [0, 0.05) is 39.7 Å². The van der Waals surface area contributed by atoms with E-state index >= 15 is 0 Å². The molecule has 1 heterocycles. The van der Waals surface area contributed by atoms with Crippen molar-refractivity contribution in [2.75, 3.05) is 25.6 Å². The number of anilines is 1. The Balaban J connectivity index is 1.26. The Kier molecular flexibility index (Phi) is 12.8. The number of esters is 4. The van der Waals surface area contributed by atoms with Gasteiger partial charge in [0.2, 0.25) is 18.3 Å². The summed E-state index contributed by atoms with van der Waals surface area (Å²) >= 11 is 0. The van der Waals surface area contributed by atoms with Gasteiger partial charge in [0.1, 0.15) is 12.4 Å². The molecule has 5 rings (SSSR count). The molecule has 1 fully saturated rings. The van der Waals surface area contributed by atoms with Crippen LogP contribution in [0.1, 0.15) is 49.8 Å². The first kappa shape index (κ1) is 39.2. The van der Waals surface area contributed by atoms with Crippen LogP contribution in [0.2, 0.25) is 0 Å². The van der Waals surface area contributed by atoms with Gasteiger partial charge in [-0.15, -0.1) is 0 Å². The van der Waals surface area contributed by atoms with Crippen molar-refractivity contribution in [3.05, 3.63) is 83.4 Å². The van der Waals surface area contributed by atoms with Gasteiger partial charge in [0.05, 0.1) is 19.4 Å². The first-order chi connectivity index (χ1) is 25.9. The third-order valence-corrected chi connectivity index (χ3v) is 8.54. The van der Waals surface area contributed by atoms with E-state index < -0.39 is 73.2 Å². The number of aliphatic hydroxyl groups excluding tert-OH is 1. The fraction of sp³-hybridized carbons (Fsp3) is 0.368. The van der Waals surface area contributed by atoms with Crippen molar-refractivity contribution < 1.29 is 67.0 Å². The Hall–Kier alpha value is -6.00. The van der Waals surface area contributed by atoms with E-state index in [2.05, 4.69) is 10.6 Å². The smallest absolute Gasteiger partial charge is 0.407 e. The summed E-state index contributed by atoms with van der Waals surface area (Å²) in [5.74, 6) is -4.42. The molecule has 1 aliphatic carbocycles. The molecule has 16 nitrogen and oxygen atoms in total. The van der Waals surface area contributed by atoms with Crippen LogP contribution in [0, 0.1) is 0 Å². The molecule has 1 saturated heterocycles. The zero-order chi connectivity index (χ0) is 38.9. The lowest BCUT2D eigenvalue weighted by Gasteiger charge is -2.43. The van der Waals surface area contributed by atoms with Crippen molar-refractivity contribution in [1.82, 2.24) is 5.32 Å². The predicted molar refractivity (Wildman–Crippen MR) is 187 cm³/mol. The average molecular weight is 749 g/mol. The van der Waals surface area contributed by atoms with Gasteiger partial charge in [-0.05, 0) is 39.9 Å². The van der Waals surface area contributed by atoms with Gasteiger partial charge < -0.3 is 48.9 Å². The van der Waals surface area contributed by atoms with E-state index in [9.17, 15) is 33.9 Å². The predicted octanol–water partition coefficient (Wildman–Crippen LogP) is 3.12. The Bertz CT molecular complexity index is 1850. The number of carbonyl (C=O) groups is 6. The second-order valence-electron chi connectivity index (χ2n) is 12.3. The maximum absolute atomic E-state index is 13.1. The molecular formula is C38H40N2O14. The second-order valence-corrected chi connectivity index (χ2v) is 12.3. The summed E-state index contributed by atoms with van der Waals surface area (Å²) in [6.45, 7) is 2.75. The van der Waals surface area contributed by atoms with Crippen molar-refractivity contribution in [1.29, 1.82) is 0 Å². The van der Waals surface area contributed by atoms with E-state index in [0.29, 0.717) is 5.56 Å². The molecular weight excluding hydrogens is 708 g/mol. The molecule has 1 aliphatic heterocycles. The minimum Gasteiger partial charge on any atom is -0.467 e. The van der Waals surface area contributed by atoms with Crippen LogP contribution in [0.25, 0.3) is 11.1 Å². The van der Waals surface area contributed by atoms with Crippen molar-refractivity contribution >= 4 is 41.6 Å². The number of hydrogen-bond donors (Lipinski definition) is 3. The van der Waals surface area contributed by atoms with E-state index in [1.54, 1.807) is 0 Å². The quantitative estimate of drug-likeness (QED) is 0.169. The molecule has 3 N–H and O–H groups in total. The number of carbonyl (C=O) groups excluding carboxylic acids is 6. The summed E-state index contributed by atoms with van der Waals surface area (Å²) in [5.41, 5.74) is 4.68. The number of methoxy groups -OCH3 is 1. The summed E-state index contributed by atoms with van der Waals surface area (Å²) in [6, 6.07) is 20.1. The van der Waals surface area contributed by atoms with E-state index in [4.69, 9.17) is 33.2 Å². The largest absolute Gasteiger partial charge is 0.467 e. The van der Waals surface area contributed by atoms with Crippen molar-refractivity contribution in [2.45, 2.75) is 70.4 Å². The van der Waals surface area contributed by atoms with Gasteiger partial charge in [0.25, 0.3) is 0 Å². The van der Waals surface area contributed by atoms with E-state index in [0.717, 1.165) is 50.1 Å². The molecule has 0 saturated carbocycles. The number of rotatable bonds is 13. The lowest BCUT2D eigenvalue weighted by atomic mass is 9.97. The van der Waals surface area contributed by atoms with Gasteiger partial charge in [-0.3, -0.25) is 19.2 Å². The van der Waals surface area contributed by atoms with Gasteiger partial charge in [-0.2, -0.15) is 0 Å². The fourth-order valence-corrected chi connectivity index (χ4v) is 6.32. The molecule has 0 spiro atoms. The van der Waals surface area contributed by atoms with Crippen LogP contribution in [0.15, 0.2) is 66.7 Å². The van der Waals surface area contributed by atoms with Gasteiger partial charge in [0.15, 0.2) is 18.3 Å². The van der Waals surface area contributed by atoms with Gasteiger partial charge >= 0.3 is 30.0 Å². The molecule has 2 unspecified atom stereocenters. The van der Waals surface area contributed by atoms with E-state index in [1.807, 2.05) is 48.5 Å². The summed E-state index contributed by atoms with van der Waals surface area (Å²) in [7, 11) is 1.05. The fourth-order valence-electron chi connectivity index (χ4n) is 6.32. The molecule has 286 valence electrons. The first-order valence-electron chi connectivity index (χ1n) is 16.9. The molecule has 3 aromatic carbocycles. The number of amides is 2. The lowest BCUT2D eigenvalue weighted by molar-refractivity contribution is -0.282. The summed E-state index contributed by atoms with van der Waals surface area (Å²) in [6.07, 6.45) is -9.12. The van der Waals surface area contributed by atoms with Crippen molar-refractivity contribution in [3.8, 4) is 16.9 Å². The molecule has 2 aliphatic rings. The molecule has 0 aromatic heterocycles. The molecule has 16 heteroatoms. The minimum atomic E-state index is -1.71. The standard InChI is InChI=1S/C38H40N2O14/c1-20(42)50-32-33(51-21(2)43)35(52-22(3)44)37(54-34(32)36(46)48-4)53-30-14-13-23(18-41)17-29(30)40-31(45)15-16-39-38(47)49-19-28-26-11-7-5-9-24(26)25-10-6-8-12-27(25)28/h5-14,17,28,32-35,37,41H,15-16,18-19H2,1-4H3,(H,39,47)(H,40,45)/t32-,33?,34?,35-,37+/m0/s1. The van der Waals surface area contributed by atoms with Crippen LogP contribution in [-0.4, -0.2) is 92.0 Å². The number of benzene rings is 3. The zero-order valence-corrected chi connectivity index (χ0v) is 29.9. The number of alkyl carbamates (subject to hydrolysis) is 1. The highest BCUT2D eigenvalue weighted by atomic mass is 16.7. The number of fused-ring (bicyclic) bond motifs is 3. The summed E-state index contributed by atoms with van der Waals surface area (Å²) < 4.78 is 38.3. The number of hydrogen-bond acceptors (Lipinski definition) is 14. The molecule has 5 atom stereocenters. The van der Waals surface area contributed by atoms with E-state index in [1.165, 1.54) is 18.2 Å². The van der Waals surface area contributed by atoms with Crippen LogP contribution < -0.4 is 15.4 Å². The van der Waals surface area contributed by atoms with Crippen LogP contribution in [0.5, 0.6) is 5.75 Å². The second kappa shape index (κ2) is 17.7. The topological polar surface area (TPSA) is 211 Å². The number of nitrogens with one attached hydrogen (secondary N) is 2. The average Bonchev–Trinajstić information content (AvgIpc) is 3.46. The van der Waals surface area contributed by atoms with Crippen LogP contribution >= 0.6 is 0 Å². The maximum atomic E-state index is 13.1. The van der Waals surface area contributed by atoms with Crippen molar-refractivity contribution in [2.24, 2.45) is 0 Å². The molecule has 2 amide bonds. The highest BCUT2D eigenvalue weighted by molar-refractivity contribution is 5.92. The Morgan fingerprint density at radius 3 is 1.96 bits per heavy atom. The summed E-state index contributed by atoms with van der Waals surface area (Å²) in [4.78, 5) is 74.9. The Morgan fingerprint density at radius 2 is 1.37 bits per heavy atom. The van der Waals surface area contributed by atoms with E-state index in [-0.39, 0.29) is 36.9 Å². The van der Waals surface area contributed by atoms with Gasteiger partial charge in [-0.25, -0.2) is 9.59 Å². The SMILES string of the molecule is COC(=O)C1O[C@@H](Oc2ccc(CO)cc2NC(=O)CCNC(=O)OCC2c3ccccc3-c3ccccc32)[C@@H](OC(C)=O)C(OC(C)=O)[C@@H]1OC(C)=O. The Labute approximate surface area is 309 Å². The van der Waals surface area contributed by atoms with Crippen LogP contribution in [-0.2, 0) is 59.0 Å². The van der Waals surface area contributed by atoms with Crippen LogP contribution in [0.3, 0.4) is 0 Å². The molecule has 3 aromatic rings. The maximum Gasteiger partial charge on any atom is 0.407 e. The highest BCUT2D eigenvalue weighted by Gasteiger charge is 2.56. The molecule has 0 radical (unpaired) electrons. The molecule has 0 bridgehead atoms. The first-order valence-corrected chi connectivity index (χ1v) is 16.9. The number of aliphatic hydroxyl groups is 1. The minimum absolute atomic E-state index is 0.0265. The monoisotopic (exact) mass is 748 g/mol. The lowest BCUT2D eigenvalue weighted by Crippen LogP contribution is -2.64. The number of ether oxygens (including phenoxy) is 7. The zero-order valence-electron chi connectivity index (χ0n) is 29.9. The summed E-state index contributed by atoms with van der Waals surface area (Å²) in [5, 5.41) is 15.0. The van der Waals surface area contributed by atoms with Gasteiger partial charge in [-0.1, -0.05) is 54.6 Å². The highest BCUT2D eigenvalue weighted by Crippen LogP contribution is 2.44. The third kappa shape index (κ3) is 9.31.